The van der Waals surface area contributed by atoms with Gasteiger partial charge >= 0.3 is 0 Å². The predicted molar refractivity (Wildman–Crippen MR) is 92.8 cm³/mol. The molecule has 5 nitrogen and oxygen atoms in total. The molecular weight excluding hydrogens is 337 g/mol. The Kier molecular flexibility index (Phi) is 4.07. The van der Waals surface area contributed by atoms with Crippen LogP contribution in [0.5, 0.6) is 11.5 Å². The van der Waals surface area contributed by atoms with Crippen molar-refractivity contribution in [3.63, 3.8) is 0 Å². The number of hydrogen-bond donors (Lipinski definition) is 0. The van der Waals surface area contributed by atoms with E-state index in [9.17, 15) is 9.18 Å². The number of morpholine rings is 1. The summed E-state index contributed by atoms with van der Waals surface area (Å²) in [7, 11) is 0. The average molecular weight is 357 g/mol. The lowest BCUT2D eigenvalue weighted by Crippen LogP contribution is -2.56. The van der Waals surface area contributed by atoms with Crippen molar-refractivity contribution in [2.24, 2.45) is 0 Å². The minimum absolute atomic E-state index is 0.141. The van der Waals surface area contributed by atoms with Crippen molar-refractivity contribution >= 4 is 5.91 Å². The van der Waals surface area contributed by atoms with Crippen molar-refractivity contribution in [1.82, 2.24) is 4.90 Å². The molecule has 1 unspecified atom stereocenters. The summed E-state index contributed by atoms with van der Waals surface area (Å²) in [4.78, 5) is 14.9. The second-order valence-electron chi connectivity index (χ2n) is 7.12. The molecule has 0 bridgehead atoms. The summed E-state index contributed by atoms with van der Waals surface area (Å²) in [5, 5.41) is 0. The monoisotopic (exact) mass is 357 g/mol. The molecule has 2 aliphatic rings. The number of carbonyl (C=O) groups excluding carboxylic acids is 1. The second-order valence-corrected chi connectivity index (χ2v) is 7.12. The third kappa shape index (κ3) is 2.90. The lowest BCUT2D eigenvalue weighted by Gasteiger charge is -2.45. The van der Waals surface area contributed by atoms with Crippen LogP contribution in [0, 0.1) is 5.82 Å². The van der Waals surface area contributed by atoms with Crippen molar-refractivity contribution in [2.45, 2.75) is 25.5 Å². The minimum Gasteiger partial charge on any atom is -0.454 e. The summed E-state index contributed by atoms with van der Waals surface area (Å²) >= 11 is 0. The smallest absolute Gasteiger partial charge is 0.254 e. The Bertz CT molecular complexity index is 851. The zero-order valence-electron chi connectivity index (χ0n) is 14.7. The van der Waals surface area contributed by atoms with Crippen LogP contribution in [0.3, 0.4) is 0 Å². The maximum Gasteiger partial charge on any atom is 0.254 e. The molecule has 4 rings (SSSR count). The normalized spacial score (nSPS) is 20.9. The fourth-order valence-corrected chi connectivity index (χ4v) is 3.32. The molecule has 0 aromatic heterocycles. The summed E-state index contributed by atoms with van der Waals surface area (Å²) < 4.78 is 30.7. The van der Waals surface area contributed by atoms with Crippen molar-refractivity contribution in [1.29, 1.82) is 0 Å². The van der Waals surface area contributed by atoms with Gasteiger partial charge in [0.15, 0.2) is 11.5 Å². The van der Waals surface area contributed by atoms with Crippen molar-refractivity contribution in [3.05, 3.63) is 59.4 Å². The van der Waals surface area contributed by atoms with Gasteiger partial charge in [-0.2, -0.15) is 0 Å². The number of benzene rings is 2. The Morgan fingerprint density at radius 1 is 1.15 bits per heavy atom. The number of carbonyl (C=O) groups is 1. The number of hydrogen-bond acceptors (Lipinski definition) is 4. The largest absolute Gasteiger partial charge is 0.454 e. The number of amides is 1. The van der Waals surface area contributed by atoms with Crippen molar-refractivity contribution in [3.8, 4) is 11.5 Å². The summed E-state index contributed by atoms with van der Waals surface area (Å²) in [5.74, 6) is 0.727. The van der Waals surface area contributed by atoms with Gasteiger partial charge < -0.3 is 19.1 Å². The Labute approximate surface area is 151 Å². The van der Waals surface area contributed by atoms with Gasteiger partial charge in [0, 0.05) is 11.1 Å². The minimum atomic E-state index is -0.505. The van der Waals surface area contributed by atoms with E-state index in [0.717, 1.165) is 0 Å². The van der Waals surface area contributed by atoms with Gasteiger partial charge in [0.2, 0.25) is 6.79 Å². The van der Waals surface area contributed by atoms with Crippen molar-refractivity contribution in [2.75, 3.05) is 19.9 Å². The van der Waals surface area contributed by atoms with Crippen LogP contribution in [0.25, 0.3) is 0 Å². The Morgan fingerprint density at radius 3 is 2.73 bits per heavy atom. The van der Waals surface area contributed by atoms with E-state index < -0.39 is 11.6 Å². The first-order valence-electron chi connectivity index (χ1n) is 8.53. The highest BCUT2D eigenvalue weighted by Crippen LogP contribution is 2.36. The molecule has 0 saturated carbocycles. The lowest BCUT2D eigenvalue weighted by molar-refractivity contribution is -0.0857. The van der Waals surface area contributed by atoms with Crippen LogP contribution in [0.15, 0.2) is 42.5 Å². The van der Waals surface area contributed by atoms with Crippen LogP contribution in [-0.2, 0) is 4.74 Å². The first kappa shape index (κ1) is 16.8. The molecule has 2 aliphatic heterocycles. The molecule has 2 aromatic rings. The molecular formula is C20H20FNO4. The van der Waals surface area contributed by atoms with E-state index in [-0.39, 0.29) is 25.1 Å². The molecule has 1 atom stereocenters. The van der Waals surface area contributed by atoms with Gasteiger partial charge in [-0.05, 0) is 38.1 Å². The highest BCUT2D eigenvalue weighted by molar-refractivity contribution is 5.95. The van der Waals surface area contributed by atoms with Crippen LogP contribution in [0.4, 0.5) is 4.39 Å². The van der Waals surface area contributed by atoms with Crippen molar-refractivity contribution < 1.29 is 23.4 Å². The highest BCUT2D eigenvalue weighted by Gasteiger charge is 2.39. The summed E-state index contributed by atoms with van der Waals surface area (Å²) in [5.41, 5.74) is 0.470. The summed E-state index contributed by atoms with van der Waals surface area (Å²) in [6, 6.07) is 11.7. The predicted octanol–water partition coefficient (Wildman–Crippen LogP) is 3.55. The molecule has 26 heavy (non-hydrogen) atoms. The van der Waals surface area contributed by atoms with Gasteiger partial charge in [-0.25, -0.2) is 4.39 Å². The second kappa shape index (κ2) is 6.29. The van der Waals surface area contributed by atoms with E-state index in [1.807, 2.05) is 13.8 Å². The van der Waals surface area contributed by atoms with Gasteiger partial charge in [0.1, 0.15) is 11.9 Å². The Balaban J connectivity index is 1.62. The number of rotatable bonds is 2. The van der Waals surface area contributed by atoms with Gasteiger partial charge in [-0.1, -0.05) is 18.2 Å². The molecule has 1 saturated heterocycles. The molecule has 0 N–H and O–H groups in total. The Hall–Kier alpha value is -2.60. The first-order chi connectivity index (χ1) is 12.5. The van der Waals surface area contributed by atoms with E-state index in [0.29, 0.717) is 29.2 Å². The topological polar surface area (TPSA) is 48.0 Å². The van der Waals surface area contributed by atoms with Crippen LogP contribution in [-0.4, -0.2) is 36.3 Å². The van der Waals surface area contributed by atoms with Gasteiger partial charge in [-0.15, -0.1) is 0 Å². The zero-order chi connectivity index (χ0) is 18.3. The summed E-state index contributed by atoms with van der Waals surface area (Å²) in [6.07, 6.45) is -0.498. The molecule has 0 radical (unpaired) electrons. The van der Waals surface area contributed by atoms with E-state index in [1.165, 1.54) is 6.07 Å². The number of ether oxygens (including phenoxy) is 3. The van der Waals surface area contributed by atoms with Crippen LogP contribution in [0.1, 0.15) is 35.9 Å². The molecule has 1 amide bonds. The fourth-order valence-electron chi connectivity index (χ4n) is 3.32. The molecule has 1 fully saturated rings. The van der Waals surface area contributed by atoms with E-state index >= 15 is 0 Å². The first-order valence-corrected chi connectivity index (χ1v) is 8.53. The maximum atomic E-state index is 14.2. The number of halogens is 1. The molecule has 136 valence electrons. The van der Waals surface area contributed by atoms with Gasteiger partial charge in [0.25, 0.3) is 5.91 Å². The summed E-state index contributed by atoms with van der Waals surface area (Å²) in [6.45, 7) is 4.64. The lowest BCUT2D eigenvalue weighted by atomic mass is 9.96. The fraction of sp³-hybridized carbons (Fsp3) is 0.350. The molecule has 6 heteroatoms. The maximum absolute atomic E-state index is 14.2. The Morgan fingerprint density at radius 2 is 1.92 bits per heavy atom. The molecule has 2 aromatic carbocycles. The quantitative estimate of drug-likeness (QED) is 0.825. The standard InChI is InChI=1S/C20H20FNO4/c1-20(2)11-24-18(14-5-3-4-6-15(14)21)10-22(20)19(23)13-7-8-16-17(9-13)26-12-25-16/h3-9,18H,10-12H2,1-2H3. The highest BCUT2D eigenvalue weighted by atomic mass is 19.1. The van der Waals surface area contributed by atoms with Gasteiger partial charge in [0.05, 0.1) is 18.7 Å². The van der Waals surface area contributed by atoms with E-state index in [1.54, 1.807) is 41.3 Å². The van der Waals surface area contributed by atoms with E-state index in [2.05, 4.69) is 0 Å². The van der Waals surface area contributed by atoms with E-state index in [4.69, 9.17) is 14.2 Å². The third-order valence-electron chi connectivity index (χ3n) is 4.83. The van der Waals surface area contributed by atoms with Gasteiger partial charge in [-0.3, -0.25) is 4.79 Å². The number of nitrogens with zero attached hydrogens (tertiary/aromatic N) is 1. The molecule has 0 aliphatic carbocycles. The SMILES string of the molecule is CC1(C)COC(c2ccccc2F)CN1C(=O)c1ccc2c(c1)OCO2. The zero-order valence-corrected chi connectivity index (χ0v) is 14.7. The molecule has 2 heterocycles. The average Bonchev–Trinajstić information content (AvgIpc) is 3.09. The molecule has 0 spiro atoms. The van der Waals surface area contributed by atoms with Crippen LogP contribution < -0.4 is 9.47 Å². The third-order valence-corrected chi connectivity index (χ3v) is 4.83. The number of fused-ring (bicyclic) bond motifs is 1. The van der Waals surface area contributed by atoms with Crippen LogP contribution in [0.2, 0.25) is 0 Å². The van der Waals surface area contributed by atoms with Crippen LogP contribution >= 0.6 is 0 Å².